The van der Waals surface area contributed by atoms with Gasteiger partial charge in [0.1, 0.15) is 5.84 Å². The summed E-state index contributed by atoms with van der Waals surface area (Å²) < 4.78 is 5.14. The summed E-state index contributed by atoms with van der Waals surface area (Å²) in [6.45, 7) is 2.11. The SMILES string of the molecule is CCOc1ccc(N=C(N)CCl)cc1[N+](=O)[O-]. The van der Waals surface area contributed by atoms with Crippen LogP contribution in [0.1, 0.15) is 6.92 Å². The van der Waals surface area contributed by atoms with Crippen molar-refractivity contribution in [3.05, 3.63) is 28.3 Å². The zero-order valence-electron chi connectivity index (χ0n) is 9.22. The fourth-order valence-corrected chi connectivity index (χ4v) is 1.25. The van der Waals surface area contributed by atoms with Crippen LogP contribution in [-0.4, -0.2) is 23.2 Å². The summed E-state index contributed by atoms with van der Waals surface area (Å²) in [6.07, 6.45) is 0. The van der Waals surface area contributed by atoms with Gasteiger partial charge in [0.15, 0.2) is 5.75 Å². The number of aliphatic imine (C=N–C) groups is 1. The normalized spacial score (nSPS) is 11.3. The van der Waals surface area contributed by atoms with E-state index in [1.54, 1.807) is 13.0 Å². The van der Waals surface area contributed by atoms with Crippen LogP contribution in [0.3, 0.4) is 0 Å². The van der Waals surface area contributed by atoms with Crippen LogP contribution in [0.4, 0.5) is 11.4 Å². The van der Waals surface area contributed by atoms with E-state index in [2.05, 4.69) is 4.99 Å². The van der Waals surface area contributed by atoms with Gasteiger partial charge < -0.3 is 10.5 Å². The van der Waals surface area contributed by atoms with Gasteiger partial charge in [-0.25, -0.2) is 4.99 Å². The lowest BCUT2D eigenvalue weighted by Gasteiger charge is -2.04. The van der Waals surface area contributed by atoms with Crippen LogP contribution in [0.25, 0.3) is 0 Å². The number of rotatable bonds is 5. The molecule has 0 radical (unpaired) electrons. The van der Waals surface area contributed by atoms with E-state index in [4.69, 9.17) is 22.1 Å². The highest BCUT2D eigenvalue weighted by molar-refractivity contribution is 6.28. The molecule has 0 spiro atoms. The number of ether oxygens (including phenoxy) is 1. The Labute approximate surface area is 103 Å². The third-order valence-electron chi connectivity index (χ3n) is 1.85. The second kappa shape index (κ2) is 6.05. The third-order valence-corrected chi connectivity index (χ3v) is 2.12. The highest BCUT2D eigenvalue weighted by Gasteiger charge is 2.15. The van der Waals surface area contributed by atoms with Crippen molar-refractivity contribution < 1.29 is 9.66 Å². The van der Waals surface area contributed by atoms with Crippen molar-refractivity contribution in [1.29, 1.82) is 0 Å². The quantitative estimate of drug-likeness (QED) is 0.288. The molecule has 0 bridgehead atoms. The first-order chi connectivity index (χ1) is 8.08. The van der Waals surface area contributed by atoms with Crippen LogP contribution >= 0.6 is 11.6 Å². The minimum Gasteiger partial charge on any atom is -0.487 e. The summed E-state index contributed by atoms with van der Waals surface area (Å²) in [7, 11) is 0. The van der Waals surface area contributed by atoms with E-state index in [0.29, 0.717) is 12.3 Å². The first-order valence-electron chi connectivity index (χ1n) is 4.88. The molecule has 92 valence electrons. The molecule has 6 nitrogen and oxygen atoms in total. The van der Waals surface area contributed by atoms with Crippen molar-refractivity contribution >= 4 is 28.8 Å². The van der Waals surface area contributed by atoms with Crippen LogP contribution < -0.4 is 10.5 Å². The van der Waals surface area contributed by atoms with Gasteiger partial charge in [-0.05, 0) is 19.1 Å². The van der Waals surface area contributed by atoms with E-state index in [1.165, 1.54) is 12.1 Å². The molecule has 0 aromatic heterocycles. The smallest absolute Gasteiger partial charge is 0.313 e. The largest absolute Gasteiger partial charge is 0.487 e. The van der Waals surface area contributed by atoms with E-state index in [-0.39, 0.29) is 23.2 Å². The first kappa shape index (κ1) is 13.2. The molecule has 0 aliphatic carbocycles. The van der Waals surface area contributed by atoms with Gasteiger partial charge in [-0.2, -0.15) is 0 Å². The maximum atomic E-state index is 10.8. The Hall–Kier alpha value is -1.82. The Morgan fingerprint density at radius 2 is 2.35 bits per heavy atom. The molecule has 0 fully saturated rings. The minimum atomic E-state index is -0.527. The predicted octanol–water partition coefficient (Wildman–Crippen LogP) is 2.22. The standard InChI is InChI=1S/C10H12ClN3O3/c1-2-17-9-4-3-7(13-10(12)6-11)5-8(9)14(15)16/h3-5H,2,6H2,1H3,(H2,12,13). The Kier molecular flexibility index (Phi) is 4.71. The molecule has 0 aliphatic heterocycles. The fourth-order valence-electron chi connectivity index (χ4n) is 1.19. The van der Waals surface area contributed by atoms with Gasteiger partial charge in [-0.1, -0.05) is 0 Å². The summed E-state index contributed by atoms with van der Waals surface area (Å²) >= 11 is 5.47. The number of halogens is 1. The average molecular weight is 258 g/mol. The lowest BCUT2D eigenvalue weighted by molar-refractivity contribution is -0.385. The topological polar surface area (TPSA) is 90.8 Å². The zero-order chi connectivity index (χ0) is 12.8. The van der Waals surface area contributed by atoms with Crippen LogP contribution in [0, 0.1) is 10.1 Å². The average Bonchev–Trinajstić information content (AvgIpc) is 2.31. The predicted molar refractivity (Wildman–Crippen MR) is 66.3 cm³/mol. The van der Waals surface area contributed by atoms with Crippen LogP contribution in [0.5, 0.6) is 5.75 Å². The molecule has 0 atom stereocenters. The van der Waals surface area contributed by atoms with Gasteiger partial charge >= 0.3 is 5.69 Å². The number of benzene rings is 1. The third kappa shape index (κ3) is 3.60. The molecule has 1 rings (SSSR count). The molecule has 0 saturated heterocycles. The summed E-state index contributed by atoms with van der Waals surface area (Å²) in [4.78, 5) is 14.2. The zero-order valence-corrected chi connectivity index (χ0v) is 9.98. The molecule has 0 amide bonds. The monoisotopic (exact) mass is 257 g/mol. The molecular formula is C10H12ClN3O3. The number of alkyl halides is 1. The fraction of sp³-hybridized carbons (Fsp3) is 0.300. The summed E-state index contributed by atoms with van der Waals surface area (Å²) in [5, 5.41) is 10.8. The molecule has 0 unspecified atom stereocenters. The van der Waals surface area contributed by atoms with Crippen molar-refractivity contribution in [3.8, 4) is 5.75 Å². The van der Waals surface area contributed by atoms with Gasteiger partial charge in [0.2, 0.25) is 0 Å². The lowest BCUT2D eigenvalue weighted by atomic mass is 10.2. The molecule has 0 saturated carbocycles. The summed E-state index contributed by atoms with van der Waals surface area (Å²) in [5.41, 5.74) is 5.68. The Morgan fingerprint density at radius 3 is 2.88 bits per heavy atom. The Morgan fingerprint density at radius 1 is 1.65 bits per heavy atom. The Balaban J connectivity index is 3.14. The first-order valence-corrected chi connectivity index (χ1v) is 5.42. The van der Waals surface area contributed by atoms with E-state index < -0.39 is 4.92 Å². The molecule has 2 N–H and O–H groups in total. The molecule has 7 heteroatoms. The van der Waals surface area contributed by atoms with Gasteiger partial charge in [0.05, 0.1) is 23.1 Å². The number of nitro benzene ring substituents is 1. The molecule has 0 aliphatic rings. The van der Waals surface area contributed by atoms with Crippen molar-refractivity contribution in [3.63, 3.8) is 0 Å². The Bertz CT molecular complexity index is 448. The van der Waals surface area contributed by atoms with Gasteiger partial charge in [0.25, 0.3) is 0 Å². The van der Waals surface area contributed by atoms with Crippen LogP contribution in [-0.2, 0) is 0 Å². The van der Waals surface area contributed by atoms with E-state index in [0.717, 1.165) is 0 Å². The van der Waals surface area contributed by atoms with Crippen LogP contribution in [0.15, 0.2) is 23.2 Å². The summed E-state index contributed by atoms with van der Waals surface area (Å²) in [5.74, 6) is 0.479. The number of nitro groups is 1. The lowest BCUT2D eigenvalue weighted by Crippen LogP contribution is -2.12. The number of hydrogen-bond donors (Lipinski definition) is 1. The number of hydrogen-bond acceptors (Lipinski definition) is 4. The van der Waals surface area contributed by atoms with Crippen molar-refractivity contribution in [2.45, 2.75) is 6.92 Å². The second-order valence-electron chi connectivity index (χ2n) is 3.08. The maximum absolute atomic E-state index is 10.8. The summed E-state index contributed by atoms with van der Waals surface area (Å²) in [6, 6.07) is 4.36. The van der Waals surface area contributed by atoms with Crippen molar-refractivity contribution in [2.24, 2.45) is 10.7 Å². The minimum absolute atomic E-state index is 0.0704. The molecular weight excluding hydrogens is 246 g/mol. The molecule has 1 aromatic carbocycles. The maximum Gasteiger partial charge on any atom is 0.313 e. The number of nitrogens with two attached hydrogens (primary N) is 1. The van der Waals surface area contributed by atoms with Gasteiger partial charge in [-0.3, -0.25) is 10.1 Å². The van der Waals surface area contributed by atoms with E-state index in [1.807, 2.05) is 0 Å². The second-order valence-corrected chi connectivity index (χ2v) is 3.35. The van der Waals surface area contributed by atoms with Crippen molar-refractivity contribution in [2.75, 3.05) is 12.5 Å². The molecule has 1 aromatic rings. The van der Waals surface area contributed by atoms with Gasteiger partial charge in [0, 0.05) is 6.07 Å². The highest BCUT2D eigenvalue weighted by atomic mass is 35.5. The molecule has 17 heavy (non-hydrogen) atoms. The number of amidine groups is 1. The number of nitrogens with zero attached hydrogens (tertiary/aromatic N) is 2. The van der Waals surface area contributed by atoms with Gasteiger partial charge in [-0.15, -0.1) is 11.6 Å². The molecule has 0 heterocycles. The van der Waals surface area contributed by atoms with E-state index in [9.17, 15) is 10.1 Å². The van der Waals surface area contributed by atoms with Crippen molar-refractivity contribution in [1.82, 2.24) is 0 Å². The van der Waals surface area contributed by atoms with E-state index >= 15 is 0 Å². The van der Waals surface area contributed by atoms with Crippen LogP contribution in [0.2, 0.25) is 0 Å². The highest BCUT2D eigenvalue weighted by Crippen LogP contribution is 2.31.